The molecule has 3 fully saturated rings. The van der Waals surface area contributed by atoms with Crippen molar-refractivity contribution >= 4 is 35.3 Å². The number of thioether (sulfide) groups is 1. The average Bonchev–Trinajstić information content (AvgIpc) is 3.23. The van der Waals surface area contributed by atoms with E-state index in [-0.39, 0.29) is 37.1 Å². The van der Waals surface area contributed by atoms with E-state index in [1.54, 1.807) is 0 Å². The van der Waals surface area contributed by atoms with Gasteiger partial charge in [-0.25, -0.2) is 0 Å². The van der Waals surface area contributed by atoms with Crippen LogP contribution in [0.4, 0.5) is 0 Å². The molecule has 8 N–H and O–H groups in total. The van der Waals surface area contributed by atoms with Crippen LogP contribution in [0.2, 0.25) is 5.82 Å². The molecule has 3 rings (SSSR count). The van der Waals surface area contributed by atoms with Crippen molar-refractivity contribution in [3.63, 3.8) is 0 Å². The minimum absolute atomic E-state index is 0.0647. The minimum atomic E-state index is -1.28. The van der Waals surface area contributed by atoms with Crippen molar-refractivity contribution in [2.45, 2.75) is 84.5 Å². The van der Waals surface area contributed by atoms with Gasteiger partial charge in [0.15, 0.2) is 0 Å². The van der Waals surface area contributed by atoms with E-state index in [0.717, 1.165) is 0 Å². The lowest BCUT2D eigenvalue weighted by Gasteiger charge is -2.27. The molecule has 3 aliphatic rings. The van der Waals surface area contributed by atoms with E-state index in [1.165, 1.54) is 25.6 Å². The van der Waals surface area contributed by atoms with Crippen molar-refractivity contribution in [2.24, 2.45) is 5.92 Å². The van der Waals surface area contributed by atoms with Crippen molar-refractivity contribution < 1.29 is 45.6 Å². The Balaban J connectivity index is 0.000000234. The van der Waals surface area contributed by atoms with Gasteiger partial charge in [0.2, 0.25) is 0 Å². The third-order valence-corrected chi connectivity index (χ3v) is 7.58. The van der Waals surface area contributed by atoms with Crippen molar-refractivity contribution in [1.82, 2.24) is 0 Å². The number of hydrogen-bond donors (Lipinski definition) is 8. The minimum Gasteiger partial charge on any atom is -0.396 e. The molecule has 9 nitrogen and oxygen atoms in total. The average molecular weight is 458 g/mol. The fourth-order valence-electron chi connectivity index (χ4n) is 3.54. The zero-order valence-electron chi connectivity index (χ0n) is 17.9. The van der Waals surface area contributed by atoms with Crippen LogP contribution in [0.5, 0.6) is 0 Å². The van der Waals surface area contributed by atoms with Gasteiger partial charge in [-0.05, 0) is 31.2 Å². The second-order valence-electron chi connectivity index (χ2n) is 8.61. The fourth-order valence-corrected chi connectivity index (χ4v) is 4.84. The van der Waals surface area contributed by atoms with Crippen LogP contribution in [-0.4, -0.2) is 136 Å². The van der Waals surface area contributed by atoms with Gasteiger partial charge in [-0.1, -0.05) is 0 Å². The first-order chi connectivity index (χ1) is 14.2. The predicted octanol–water partition coefficient (Wildman–Crippen LogP) is -3.61. The molecular formula is C18H33B3O9S. The SMILES string of the molecule is [B][C@@H]1C[C@H](CO)[C@@H](O)[C@@]1(C)O.[B][C@@H]1O[C@H](CO)C[C@H]1O.[B][C@@H]1S[C@H](CO)[C@H](O)[C@@]1(C)O. The Hall–Kier alpha value is 0.185. The predicted molar refractivity (Wildman–Crippen MR) is 118 cm³/mol. The fraction of sp³-hybridized carbons (Fsp3) is 1.00. The highest BCUT2D eigenvalue weighted by Gasteiger charge is 2.48. The van der Waals surface area contributed by atoms with Crippen LogP contribution in [0.15, 0.2) is 0 Å². The van der Waals surface area contributed by atoms with Gasteiger partial charge in [-0.3, -0.25) is 0 Å². The largest absolute Gasteiger partial charge is 0.396 e. The summed E-state index contributed by atoms with van der Waals surface area (Å²) in [5.41, 5.74) is -2.52. The Morgan fingerprint density at radius 3 is 1.65 bits per heavy atom. The molecule has 0 aromatic carbocycles. The molecule has 1 aliphatic carbocycles. The summed E-state index contributed by atoms with van der Waals surface area (Å²) in [6, 6.07) is -0.609. The molecule has 2 saturated heterocycles. The lowest BCUT2D eigenvalue weighted by Crippen LogP contribution is -2.45. The maximum atomic E-state index is 9.55. The first kappa shape index (κ1) is 29.2. The van der Waals surface area contributed by atoms with Crippen molar-refractivity contribution in [2.75, 3.05) is 19.8 Å². The number of hydrogen-bond acceptors (Lipinski definition) is 10. The number of ether oxygens (including phenoxy) is 1. The monoisotopic (exact) mass is 458 g/mol. The summed E-state index contributed by atoms with van der Waals surface area (Å²) < 4.78 is 4.90. The first-order valence-corrected chi connectivity index (χ1v) is 11.1. The summed E-state index contributed by atoms with van der Waals surface area (Å²) in [6.07, 6.45) is -1.80. The summed E-state index contributed by atoms with van der Waals surface area (Å²) in [6.45, 7) is 2.63. The molecule has 11 atom stereocenters. The van der Waals surface area contributed by atoms with E-state index in [9.17, 15) is 20.4 Å². The standard InChI is InChI=1S/C7H13BO3.C6H11BO3S.C5H9BO3/c1-7(11)5(8)2-4(3-9)6(7)10;1-6(10)4(9)3(2-8)11-5(6)7;6-5-4(8)1-3(2-7)9-5/h4-6,9-11H,2-3H2,1H3;3-5,8-10H,2H2,1H3;3-5,7-8H,1-2H2/t4-,5-,6-,7+;3-,4+,5-,6-;3-,4+,5+/m110/s1. The normalized spacial score (nSPS) is 49.2. The van der Waals surface area contributed by atoms with Crippen LogP contribution in [0.25, 0.3) is 0 Å². The maximum absolute atomic E-state index is 9.55. The smallest absolute Gasteiger partial charge is 0.112 e. The summed E-state index contributed by atoms with van der Waals surface area (Å²) in [5, 5.41) is 71.9. The molecule has 13 heteroatoms. The molecule has 0 bridgehead atoms. The highest BCUT2D eigenvalue weighted by atomic mass is 32.2. The van der Waals surface area contributed by atoms with E-state index < -0.39 is 46.5 Å². The highest BCUT2D eigenvalue weighted by molar-refractivity contribution is 8.02. The number of rotatable bonds is 3. The summed E-state index contributed by atoms with van der Waals surface area (Å²) >= 11 is 1.21. The van der Waals surface area contributed by atoms with Crippen molar-refractivity contribution in [3.05, 3.63) is 0 Å². The third-order valence-electron chi connectivity index (χ3n) is 6.05. The van der Waals surface area contributed by atoms with Crippen LogP contribution < -0.4 is 0 Å². The Morgan fingerprint density at radius 2 is 1.45 bits per heavy atom. The summed E-state index contributed by atoms with van der Waals surface area (Å²) in [4.78, 5) is 0. The van der Waals surface area contributed by atoms with Crippen LogP contribution in [-0.2, 0) is 4.74 Å². The Labute approximate surface area is 191 Å². The highest BCUT2D eigenvalue weighted by Crippen LogP contribution is 2.41. The molecule has 0 aromatic heterocycles. The van der Waals surface area contributed by atoms with E-state index in [0.29, 0.717) is 12.8 Å². The van der Waals surface area contributed by atoms with Crippen LogP contribution >= 0.6 is 11.8 Å². The first-order valence-electron chi connectivity index (χ1n) is 10.1. The van der Waals surface area contributed by atoms with E-state index in [2.05, 4.69) is 0 Å². The molecular weight excluding hydrogens is 425 g/mol. The lowest BCUT2D eigenvalue weighted by atomic mass is 9.76. The second-order valence-corrected chi connectivity index (χ2v) is 10.00. The summed E-state index contributed by atoms with van der Waals surface area (Å²) in [5.74, 6) is -0.713. The topological polar surface area (TPSA) is 171 Å². The zero-order valence-corrected chi connectivity index (χ0v) is 18.7. The van der Waals surface area contributed by atoms with Crippen LogP contribution in [0, 0.1) is 5.92 Å². The van der Waals surface area contributed by atoms with Crippen molar-refractivity contribution in [1.29, 1.82) is 0 Å². The Bertz CT molecular complexity index is 501. The van der Waals surface area contributed by atoms with Gasteiger partial charge in [-0.2, -0.15) is 11.8 Å². The Morgan fingerprint density at radius 1 is 0.871 bits per heavy atom. The van der Waals surface area contributed by atoms with E-state index >= 15 is 0 Å². The maximum Gasteiger partial charge on any atom is 0.112 e. The van der Waals surface area contributed by atoms with Gasteiger partial charge >= 0.3 is 0 Å². The lowest BCUT2D eigenvalue weighted by molar-refractivity contribution is -0.0602. The van der Waals surface area contributed by atoms with Gasteiger partial charge in [0.1, 0.15) is 7.85 Å². The van der Waals surface area contributed by atoms with Crippen molar-refractivity contribution in [3.8, 4) is 0 Å². The molecule has 2 heterocycles. The van der Waals surface area contributed by atoms with Gasteiger partial charge in [0, 0.05) is 24.9 Å². The Kier molecular flexibility index (Phi) is 11.4. The van der Waals surface area contributed by atoms with E-state index in [1.807, 2.05) is 0 Å². The quantitative estimate of drug-likeness (QED) is 0.198. The molecule has 0 amide bonds. The number of aliphatic hydroxyl groups excluding tert-OH is 6. The van der Waals surface area contributed by atoms with Gasteiger partial charge in [0.05, 0.1) is 69.8 Å². The van der Waals surface area contributed by atoms with Crippen LogP contribution in [0.3, 0.4) is 0 Å². The second kappa shape index (κ2) is 12.1. The van der Waals surface area contributed by atoms with Crippen LogP contribution in [0.1, 0.15) is 26.7 Å². The molecule has 1 saturated carbocycles. The zero-order chi connectivity index (χ0) is 24.1. The summed E-state index contributed by atoms with van der Waals surface area (Å²) in [7, 11) is 16.3. The molecule has 0 spiro atoms. The molecule has 174 valence electrons. The van der Waals surface area contributed by atoms with Gasteiger partial charge < -0.3 is 45.6 Å². The molecule has 0 aromatic rings. The third kappa shape index (κ3) is 7.08. The van der Waals surface area contributed by atoms with Gasteiger partial charge in [0.25, 0.3) is 0 Å². The van der Waals surface area contributed by atoms with E-state index in [4.69, 9.17) is 48.7 Å². The number of aliphatic hydroxyl groups is 8. The molecule has 0 unspecified atom stereocenters. The molecule has 6 radical (unpaired) electrons. The van der Waals surface area contributed by atoms with Gasteiger partial charge in [-0.15, -0.1) is 0 Å². The molecule has 31 heavy (non-hydrogen) atoms. The molecule has 2 aliphatic heterocycles.